The molecule has 5 heteroatoms. The normalized spacial score (nSPS) is 15.7. The zero-order valence-corrected chi connectivity index (χ0v) is 18.4. The maximum absolute atomic E-state index is 12.9. The molecule has 30 heavy (non-hydrogen) atoms. The average Bonchev–Trinajstić information content (AvgIpc) is 3.19. The van der Waals surface area contributed by atoms with E-state index in [0.717, 1.165) is 37.7 Å². The number of amides is 1. The van der Waals surface area contributed by atoms with Crippen molar-refractivity contribution >= 4 is 22.2 Å². The molecule has 0 unspecified atom stereocenters. The van der Waals surface area contributed by atoms with Crippen LogP contribution in [0.15, 0.2) is 60.7 Å². The molecule has 1 aliphatic heterocycles. The number of morpholine rings is 1. The first-order chi connectivity index (χ1) is 14.7. The lowest BCUT2D eigenvalue weighted by Crippen LogP contribution is -2.39. The summed E-state index contributed by atoms with van der Waals surface area (Å²) < 4.78 is 5.61. The number of ether oxygens (including phenoxy) is 1. The van der Waals surface area contributed by atoms with Crippen molar-refractivity contribution in [1.82, 2.24) is 4.90 Å². The fourth-order valence-electron chi connectivity index (χ4n) is 3.87. The molecule has 156 valence electrons. The van der Waals surface area contributed by atoms with E-state index in [0.29, 0.717) is 5.56 Å². The van der Waals surface area contributed by atoms with Crippen molar-refractivity contribution in [2.45, 2.75) is 26.3 Å². The number of rotatable bonds is 6. The van der Waals surface area contributed by atoms with Gasteiger partial charge >= 0.3 is 0 Å². The minimum absolute atomic E-state index is 0.0639. The second-order valence-corrected chi connectivity index (χ2v) is 8.77. The predicted molar refractivity (Wildman–Crippen MR) is 124 cm³/mol. The van der Waals surface area contributed by atoms with Gasteiger partial charge in [0, 0.05) is 29.1 Å². The molecule has 1 aromatic heterocycles. The molecule has 1 aliphatic rings. The largest absolute Gasteiger partial charge is 0.379 e. The van der Waals surface area contributed by atoms with Crippen molar-refractivity contribution < 1.29 is 9.53 Å². The van der Waals surface area contributed by atoms with Gasteiger partial charge in [0.15, 0.2) is 0 Å². The molecule has 0 spiro atoms. The summed E-state index contributed by atoms with van der Waals surface area (Å²) >= 11 is 1.68. The molecule has 1 saturated heterocycles. The number of hydrogen-bond donors (Lipinski definition) is 1. The van der Waals surface area contributed by atoms with Gasteiger partial charge in [0.05, 0.1) is 19.3 Å². The molecule has 1 N–H and O–H groups in total. The van der Waals surface area contributed by atoms with E-state index in [4.69, 9.17) is 4.74 Å². The Morgan fingerprint density at radius 3 is 2.47 bits per heavy atom. The highest BCUT2D eigenvalue weighted by atomic mass is 32.1. The van der Waals surface area contributed by atoms with Crippen molar-refractivity contribution in [3.05, 3.63) is 87.8 Å². The monoisotopic (exact) mass is 420 g/mol. The van der Waals surface area contributed by atoms with Crippen LogP contribution in [-0.4, -0.2) is 37.1 Å². The van der Waals surface area contributed by atoms with Crippen LogP contribution in [0.3, 0.4) is 0 Å². The Hall–Kier alpha value is -2.47. The molecule has 4 nitrogen and oxygen atoms in total. The zero-order chi connectivity index (χ0) is 20.9. The third-order valence-corrected chi connectivity index (χ3v) is 6.73. The number of carbonyl (C=O) groups excluding carboxylic acids is 1. The molecule has 4 rings (SSSR count). The number of benzene rings is 2. The zero-order valence-electron chi connectivity index (χ0n) is 17.6. The van der Waals surface area contributed by atoms with Crippen molar-refractivity contribution in [2.24, 2.45) is 0 Å². The molecule has 1 fully saturated rings. The van der Waals surface area contributed by atoms with Gasteiger partial charge in [0.25, 0.3) is 5.91 Å². The van der Waals surface area contributed by atoms with Gasteiger partial charge in [-0.1, -0.05) is 55.0 Å². The first kappa shape index (κ1) is 20.8. The van der Waals surface area contributed by atoms with Gasteiger partial charge in [0.2, 0.25) is 0 Å². The highest BCUT2D eigenvalue weighted by Crippen LogP contribution is 2.40. The number of anilines is 1. The summed E-state index contributed by atoms with van der Waals surface area (Å²) in [5, 5.41) is 4.15. The summed E-state index contributed by atoms with van der Waals surface area (Å²) in [6.45, 7) is 7.49. The number of nitrogens with one attached hydrogen (secondary N) is 1. The Kier molecular flexibility index (Phi) is 6.62. The summed E-state index contributed by atoms with van der Waals surface area (Å²) in [7, 11) is 0. The van der Waals surface area contributed by atoms with Crippen molar-refractivity contribution in [3.8, 4) is 0 Å². The maximum atomic E-state index is 12.9. The van der Waals surface area contributed by atoms with E-state index in [1.54, 1.807) is 11.3 Å². The van der Waals surface area contributed by atoms with Gasteiger partial charge in [-0.3, -0.25) is 9.69 Å². The molecule has 2 aromatic carbocycles. The van der Waals surface area contributed by atoms with Crippen molar-refractivity contribution in [1.29, 1.82) is 0 Å². The van der Waals surface area contributed by atoms with Gasteiger partial charge in [0.1, 0.15) is 5.00 Å². The van der Waals surface area contributed by atoms with Gasteiger partial charge in [-0.15, -0.1) is 11.3 Å². The first-order valence-electron chi connectivity index (χ1n) is 10.5. The molecule has 3 aromatic rings. The van der Waals surface area contributed by atoms with Gasteiger partial charge in [-0.25, -0.2) is 0 Å². The average molecular weight is 421 g/mol. The lowest BCUT2D eigenvalue weighted by Gasteiger charge is -2.35. The van der Waals surface area contributed by atoms with Crippen LogP contribution >= 0.6 is 11.3 Å². The molecule has 1 amide bonds. The van der Waals surface area contributed by atoms with Gasteiger partial charge in [-0.05, 0) is 37.1 Å². The molecule has 0 radical (unpaired) electrons. The molecular formula is C25H28N2O2S. The molecule has 1 atom stereocenters. The topological polar surface area (TPSA) is 41.6 Å². The maximum Gasteiger partial charge on any atom is 0.256 e. The smallest absolute Gasteiger partial charge is 0.256 e. The minimum Gasteiger partial charge on any atom is -0.379 e. The van der Waals surface area contributed by atoms with Gasteiger partial charge in [-0.2, -0.15) is 0 Å². The first-order valence-corrected chi connectivity index (χ1v) is 11.3. The van der Waals surface area contributed by atoms with E-state index in [1.807, 2.05) is 30.3 Å². The highest BCUT2D eigenvalue weighted by molar-refractivity contribution is 7.16. The van der Waals surface area contributed by atoms with Crippen LogP contribution in [0.2, 0.25) is 0 Å². The van der Waals surface area contributed by atoms with E-state index in [1.165, 1.54) is 21.6 Å². The predicted octanol–water partition coefficient (Wildman–Crippen LogP) is 5.29. The second-order valence-electron chi connectivity index (χ2n) is 7.63. The van der Waals surface area contributed by atoms with E-state index in [9.17, 15) is 4.79 Å². The fourth-order valence-corrected chi connectivity index (χ4v) is 4.89. The Bertz CT molecular complexity index is 976. The van der Waals surface area contributed by atoms with Crippen molar-refractivity contribution in [3.63, 3.8) is 0 Å². The van der Waals surface area contributed by atoms with E-state index in [2.05, 4.69) is 54.4 Å². The van der Waals surface area contributed by atoms with E-state index in [-0.39, 0.29) is 11.9 Å². The van der Waals surface area contributed by atoms with Gasteiger partial charge < -0.3 is 10.1 Å². The van der Waals surface area contributed by atoms with E-state index < -0.39 is 0 Å². The van der Waals surface area contributed by atoms with Crippen LogP contribution < -0.4 is 5.32 Å². The Balaban J connectivity index is 1.73. The number of thiophene rings is 1. The van der Waals surface area contributed by atoms with E-state index >= 15 is 0 Å². The highest BCUT2D eigenvalue weighted by Gasteiger charge is 2.28. The quantitative estimate of drug-likeness (QED) is 0.589. The van der Waals surface area contributed by atoms with Crippen LogP contribution in [0, 0.1) is 6.92 Å². The molecular weight excluding hydrogens is 392 g/mol. The minimum atomic E-state index is -0.0639. The summed E-state index contributed by atoms with van der Waals surface area (Å²) in [5.74, 6) is -0.0639. The Morgan fingerprint density at radius 1 is 1.10 bits per heavy atom. The molecule has 0 saturated carbocycles. The standard InChI is InChI=1S/C25H28N2O2S/c1-3-21-17-22(25(30-21)26-24(28)20-7-5-4-6-8-20)23(27-13-15-29-16-14-27)19-11-9-18(2)10-12-19/h4-12,17,23H,3,13-16H2,1-2H3,(H,26,28)/t23-/m0/s1. The summed E-state index contributed by atoms with van der Waals surface area (Å²) in [6.07, 6.45) is 0.947. The lowest BCUT2D eigenvalue weighted by atomic mass is 9.96. The second kappa shape index (κ2) is 9.56. The third kappa shape index (κ3) is 4.64. The molecule has 0 aliphatic carbocycles. The molecule has 0 bridgehead atoms. The fraction of sp³-hybridized carbons (Fsp3) is 0.320. The summed E-state index contributed by atoms with van der Waals surface area (Å²) in [6, 6.07) is 20.5. The summed E-state index contributed by atoms with van der Waals surface area (Å²) in [4.78, 5) is 16.6. The van der Waals surface area contributed by atoms with Crippen molar-refractivity contribution in [2.75, 3.05) is 31.6 Å². The SMILES string of the molecule is CCc1cc([C@H](c2ccc(C)cc2)N2CCOCC2)c(NC(=O)c2ccccc2)s1. The number of carbonyl (C=O) groups is 1. The van der Waals surface area contributed by atoms with Crippen LogP contribution in [0.25, 0.3) is 0 Å². The van der Waals surface area contributed by atoms with Crippen LogP contribution in [0.4, 0.5) is 5.00 Å². The number of hydrogen-bond acceptors (Lipinski definition) is 4. The Morgan fingerprint density at radius 2 is 1.80 bits per heavy atom. The molecule has 2 heterocycles. The van der Waals surface area contributed by atoms with Crippen LogP contribution in [-0.2, 0) is 11.2 Å². The summed E-state index contributed by atoms with van der Waals surface area (Å²) in [5.41, 5.74) is 4.34. The number of aryl methyl sites for hydroxylation is 2. The third-order valence-electron chi connectivity index (χ3n) is 5.52. The lowest BCUT2D eigenvalue weighted by molar-refractivity contribution is 0.0241. The van der Waals surface area contributed by atoms with Crippen LogP contribution in [0.1, 0.15) is 44.9 Å². The Labute approximate surface area is 182 Å². The van der Waals surface area contributed by atoms with Crippen LogP contribution in [0.5, 0.6) is 0 Å². The number of nitrogens with zero attached hydrogens (tertiary/aromatic N) is 1.